The molecule has 0 aromatic heterocycles. The van der Waals surface area contributed by atoms with Gasteiger partial charge in [-0.3, -0.25) is 0 Å². The largest absolute Gasteiger partial charge is 0.489 e. The van der Waals surface area contributed by atoms with Gasteiger partial charge in [-0.15, -0.1) is 0 Å². The number of hydrogen-bond donors (Lipinski definition) is 1. The molecular formula is C18H31NO. The van der Waals surface area contributed by atoms with Gasteiger partial charge in [0.2, 0.25) is 0 Å². The molecule has 114 valence electrons. The first kappa shape index (κ1) is 17.0. The average Bonchev–Trinajstić information content (AvgIpc) is 2.42. The fraction of sp³-hybridized carbons (Fsp3) is 0.667. The van der Waals surface area contributed by atoms with Crippen molar-refractivity contribution in [1.29, 1.82) is 0 Å². The van der Waals surface area contributed by atoms with Crippen LogP contribution in [-0.4, -0.2) is 18.7 Å². The number of para-hydroxylation sites is 1. The Morgan fingerprint density at radius 3 is 2.25 bits per heavy atom. The second-order valence-corrected chi connectivity index (χ2v) is 6.31. The van der Waals surface area contributed by atoms with E-state index in [0.29, 0.717) is 17.9 Å². The van der Waals surface area contributed by atoms with E-state index in [1.807, 2.05) is 0 Å². The summed E-state index contributed by atoms with van der Waals surface area (Å²) in [4.78, 5) is 0. The lowest BCUT2D eigenvalue weighted by Gasteiger charge is -2.26. The zero-order valence-electron chi connectivity index (χ0n) is 13.9. The lowest BCUT2D eigenvalue weighted by molar-refractivity contribution is 0.144. The third kappa shape index (κ3) is 5.16. The second-order valence-electron chi connectivity index (χ2n) is 6.31. The van der Waals surface area contributed by atoms with Crippen molar-refractivity contribution in [2.45, 2.75) is 66.0 Å². The monoisotopic (exact) mass is 277 g/mol. The molecule has 1 N–H and O–H groups in total. The number of rotatable bonds is 8. The molecule has 0 fully saturated rings. The van der Waals surface area contributed by atoms with Gasteiger partial charge < -0.3 is 10.1 Å². The van der Waals surface area contributed by atoms with Crippen LogP contribution in [0.3, 0.4) is 0 Å². The molecule has 0 spiro atoms. The fourth-order valence-corrected chi connectivity index (χ4v) is 2.14. The van der Waals surface area contributed by atoms with Crippen molar-refractivity contribution < 1.29 is 4.74 Å². The molecule has 20 heavy (non-hydrogen) atoms. The number of nitrogens with one attached hydrogen (secondary N) is 1. The highest BCUT2D eigenvalue weighted by atomic mass is 16.5. The molecule has 2 unspecified atom stereocenters. The SMILES string of the molecule is CCC(C)c1ccccc1OC(CNC(C)C)C(C)C. The lowest BCUT2D eigenvalue weighted by atomic mass is 9.97. The van der Waals surface area contributed by atoms with Crippen molar-refractivity contribution in [2.75, 3.05) is 6.54 Å². The summed E-state index contributed by atoms with van der Waals surface area (Å²) in [6.07, 6.45) is 1.35. The number of ether oxygens (including phenoxy) is 1. The van der Waals surface area contributed by atoms with Gasteiger partial charge in [-0.1, -0.05) is 59.7 Å². The zero-order valence-corrected chi connectivity index (χ0v) is 13.9. The van der Waals surface area contributed by atoms with E-state index < -0.39 is 0 Å². The molecular weight excluding hydrogens is 246 g/mol. The Labute approximate surface area is 124 Å². The van der Waals surface area contributed by atoms with E-state index in [1.54, 1.807) is 0 Å². The Kier molecular flexibility index (Phi) is 7.08. The maximum atomic E-state index is 6.32. The van der Waals surface area contributed by atoms with E-state index in [2.05, 4.69) is 71.1 Å². The van der Waals surface area contributed by atoms with Crippen molar-refractivity contribution in [3.63, 3.8) is 0 Å². The van der Waals surface area contributed by atoms with Gasteiger partial charge in [0.25, 0.3) is 0 Å². The summed E-state index contributed by atoms with van der Waals surface area (Å²) in [6, 6.07) is 8.95. The molecule has 2 nitrogen and oxygen atoms in total. The summed E-state index contributed by atoms with van der Waals surface area (Å²) in [5.41, 5.74) is 1.32. The van der Waals surface area contributed by atoms with E-state index in [4.69, 9.17) is 4.74 Å². The molecule has 2 atom stereocenters. The van der Waals surface area contributed by atoms with E-state index in [9.17, 15) is 0 Å². The maximum absolute atomic E-state index is 6.32. The normalized spacial score (nSPS) is 14.6. The van der Waals surface area contributed by atoms with Crippen LogP contribution in [0.4, 0.5) is 0 Å². The summed E-state index contributed by atoms with van der Waals surface area (Å²) >= 11 is 0. The van der Waals surface area contributed by atoms with Crippen molar-refractivity contribution in [1.82, 2.24) is 5.32 Å². The molecule has 1 aromatic carbocycles. The van der Waals surface area contributed by atoms with Gasteiger partial charge in [0.05, 0.1) is 0 Å². The average molecular weight is 277 g/mol. The first-order valence-corrected chi connectivity index (χ1v) is 7.94. The number of benzene rings is 1. The highest BCUT2D eigenvalue weighted by Crippen LogP contribution is 2.29. The van der Waals surface area contributed by atoms with E-state index >= 15 is 0 Å². The standard InChI is InChI=1S/C18H31NO/c1-7-15(6)16-10-8-9-11-17(16)20-18(13(2)3)12-19-14(4)5/h8-11,13-15,18-19H,7,12H2,1-6H3. The minimum atomic E-state index is 0.211. The quantitative estimate of drug-likeness (QED) is 0.749. The van der Waals surface area contributed by atoms with Crippen molar-refractivity contribution in [3.8, 4) is 5.75 Å². The topological polar surface area (TPSA) is 21.3 Å². The van der Waals surface area contributed by atoms with Gasteiger partial charge in [0, 0.05) is 12.6 Å². The molecule has 1 rings (SSSR count). The molecule has 0 aliphatic rings. The lowest BCUT2D eigenvalue weighted by Crippen LogP contribution is -2.38. The molecule has 0 aliphatic heterocycles. The minimum Gasteiger partial charge on any atom is -0.489 e. The van der Waals surface area contributed by atoms with Crippen LogP contribution in [0.25, 0.3) is 0 Å². The van der Waals surface area contributed by atoms with Crippen LogP contribution in [0.1, 0.15) is 59.4 Å². The van der Waals surface area contributed by atoms with Crippen LogP contribution >= 0.6 is 0 Å². The van der Waals surface area contributed by atoms with Gasteiger partial charge in [-0.05, 0) is 29.9 Å². The van der Waals surface area contributed by atoms with Crippen molar-refractivity contribution in [2.24, 2.45) is 5.92 Å². The molecule has 0 heterocycles. The molecule has 0 aliphatic carbocycles. The highest BCUT2D eigenvalue weighted by molar-refractivity contribution is 5.36. The summed E-state index contributed by atoms with van der Waals surface area (Å²) in [6.45, 7) is 14.2. The van der Waals surface area contributed by atoms with Gasteiger partial charge in [0.15, 0.2) is 0 Å². The molecule has 2 heteroatoms. The van der Waals surface area contributed by atoms with Crippen LogP contribution in [-0.2, 0) is 0 Å². The third-order valence-corrected chi connectivity index (χ3v) is 3.81. The minimum absolute atomic E-state index is 0.211. The van der Waals surface area contributed by atoms with Gasteiger partial charge in [-0.2, -0.15) is 0 Å². The fourth-order valence-electron chi connectivity index (χ4n) is 2.14. The first-order valence-electron chi connectivity index (χ1n) is 7.94. The third-order valence-electron chi connectivity index (χ3n) is 3.81. The number of hydrogen-bond acceptors (Lipinski definition) is 2. The highest BCUT2D eigenvalue weighted by Gasteiger charge is 2.18. The van der Waals surface area contributed by atoms with Gasteiger partial charge in [0.1, 0.15) is 11.9 Å². The van der Waals surface area contributed by atoms with Crippen molar-refractivity contribution >= 4 is 0 Å². The van der Waals surface area contributed by atoms with E-state index in [0.717, 1.165) is 18.7 Å². The molecule has 0 amide bonds. The van der Waals surface area contributed by atoms with Crippen LogP contribution in [0.15, 0.2) is 24.3 Å². The predicted octanol–water partition coefficient (Wildman–Crippen LogP) is 4.60. The predicted molar refractivity (Wildman–Crippen MR) is 87.5 cm³/mol. The van der Waals surface area contributed by atoms with Crippen LogP contribution in [0.5, 0.6) is 5.75 Å². The molecule has 1 aromatic rings. The van der Waals surface area contributed by atoms with E-state index in [-0.39, 0.29) is 6.10 Å². The first-order chi connectivity index (χ1) is 9.45. The molecule has 0 radical (unpaired) electrons. The molecule has 0 saturated heterocycles. The Balaban J connectivity index is 2.82. The van der Waals surface area contributed by atoms with Gasteiger partial charge in [-0.25, -0.2) is 0 Å². The summed E-state index contributed by atoms with van der Waals surface area (Å²) in [5, 5.41) is 3.48. The summed E-state index contributed by atoms with van der Waals surface area (Å²) < 4.78 is 6.32. The van der Waals surface area contributed by atoms with Crippen LogP contribution < -0.4 is 10.1 Å². The van der Waals surface area contributed by atoms with Crippen LogP contribution in [0.2, 0.25) is 0 Å². The summed E-state index contributed by atoms with van der Waals surface area (Å²) in [5.74, 6) is 2.08. The van der Waals surface area contributed by atoms with Crippen LogP contribution in [0, 0.1) is 5.92 Å². The van der Waals surface area contributed by atoms with E-state index in [1.165, 1.54) is 5.56 Å². The molecule has 0 saturated carbocycles. The second kappa shape index (κ2) is 8.31. The smallest absolute Gasteiger partial charge is 0.123 e. The Morgan fingerprint density at radius 2 is 1.70 bits per heavy atom. The Hall–Kier alpha value is -1.02. The molecule has 0 bridgehead atoms. The zero-order chi connectivity index (χ0) is 15.1. The Morgan fingerprint density at radius 1 is 1.05 bits per heavy atom. The van der Waals surface area contributed by atoms with Crippen molar-refractivity contribution in [3.05, 3.63) is 29.8 Å². The summed E-state index contributed by atoms with van der Waals surface area (Å²) in [7, 11) is 0. The van der Waals surface area contributed by atoms with Gasteiger partial charge >= 0.3 is 0 Å². The Bertz CT molecular complexity index is 387. The maximum Gasteiger partial charge on any atom is 0.123 e.